The fourth-order valence-corrected chi connectivity index (χ4v) is 2.43. The number of hydrogen-bond acceptors (Lipinski definition) is 5. The van der Waals surface area contributed by atoms with Crippen molar-refractivity contribution in [3.8, 4) is 11.4 Å². The number of nitrogens with one attached hydrogen (secondary N) is 1. The summed E-state index contributed by atoms with van der Waals surface area (Å²) < 4.78 is 0. The Morgan fingerprint density at radius 3 is 2.48 bits per heavy atom. The highest BCUT2D eigenvalue weighted by atomic mass is 35.5. The molecular formula is C16H13Cl2N5. The Kier molecular flexibility index (Phi) is 4.60. The van der Waals surface area contributed by atoms with Crippen molar-refractivity contribution in [1.82, 2.24) is 15.0 Å². The van der Waals surface area contributed by atoms with E-state index >= 15 is 0 Å². The van der Waals surface area contributed by atoms with Crippen LogP contribution in [0.5, 0.6) is 0 Å². The SMILES string of the molecule is Nc1nc(NCc2ccccc2)nc(-c2cccc(Cl)c2Cl)n1. The Hall–Kier alpha value is -2.37. The first kappa shape index (κ1) is 15.5. The molecule has 0 aliphatic carbocycles. The molecule has 2 aromatic carbocycles. The molecule has 116 valence electrons. The van der Waals surface area contributed by atoms with Crippen molar-refractivity contribution in [2.24, 2.45) is 0 Å². The van der Waals surface area contributed by atoms with Crippen LogP contribution in [0, 0.1) is 0 Å². The van der Waals surface area contributed by atoms with Gasteiger partial charge in [-0.05, 0) is 17.7 Å². The Morgan fingerprint density at radius 1 is 0.913 bits per heavy atom. The summed E-state index contributed by atoms with van der Waals surface area (Å²) in [6.45, 7) is 0.576. The zero-order chi connectivity index (χ0) is 16.2. The van der Waals surface area contributed by atoms with E-state index in [4.69, 9.17) is 28.9 Å². The molecule has 5 nitrogen and oxygen atoms in total. The summed E-state index contributed by atoms with van der Waals surface area (Å²) in [4.78, 5) is 12.6. The molecule has 3 aromatic rings. The van der Waals surface area contributed by atoms with Gasteiger partial charge in [0.15, 0.2) is 5.82 Å². The molecule has 3 rings (SSSR count). The molecule has 0 bridgehead atoms. The maximum atomic E-state index is 6.21. The molecule has 0 saturated carbocycles. The van der Waals surface area contributed by atoms with Crippen molar-refractivity contribution in [1.29, 1.82) is 0 Å². The third-order valence-electron chi connectivity index (χ3n) is 3.14. The molecule has 0 atom stereocenters. The van der Waals surface area contributed by atoms with Gasteiger partial charge in [0.25, 0.3) is 0 Å². The van der Waals surface area contributed by atoms with Gasteiger partial charge in [0.05, 0.1) is 10.0 Å². The van der Waals surface area contributed by atoms with Crippen molar-refractivity contribution < 1.29 is 0 Å². The first-order valence-electron chi connectivity index (χ1n) is 6.87. The topological polar surface area (TPSA) is 76.7 Å². The quantitative estimate of drug-likeness (QED) is 0.746. The number of hydrogen-bond donors (Lipinski definition) is 2. The minimum Gasteiger partial charge on any atom is -0.368 e. The van der Waals surface area contributed by atoms with Gasteiger partial charge in [-0.2, -0.15) is 15.0 Å². The molecule has 0 radical (unpaired) electrons. The number of benzene rings is 2. The first-order chi connectivity index (χ1) is 11.1. The third kappa shape index (κ3) is 3.70. The molecule has 0 aliphatic rings. The van der Waals surface area contributed by atoms with Crippen molar-refractivity contribution in [2.45, 2.75) is 6.54 Å². The molecule has 0 fully saturated rings. The average molecular weight is 346 g/mol. The summed E-state index contributed by atoms with van der Waals surface area (Å²) >= 11 is 12.2. The number of nitrogens with two attached hydrogens (primary N) is 1. The van der Waals surface area contributed by atoms with E-state index in [1.807, 2.05) is 30.3 Å². The highest BCUT2D eigenvalue weighted by molar-refractivity contribution is 6.43. The smallest absolute Gasteiger partial charge is 0.228 e. The highest BCUT2D eigenvalue weighted by Crippen LogP contribution is 2.32. The lowest BCUT2D eigenvalue weighted by molar-refractivity contribution is 1.02. The predicted octanol–water partition coefficient (Wildman–Crippen LogP) is 4.04. The highest BCUT2D eigenvalue weighted by Gasteiger charge is 2.12. The zero-order valence-electron chi connectivity index (χ0n) is 12.0. The van der Waals surface area contributed by atoms with E-state index in [9.17, 15) is 0 Å². The maximum absolute atomic E-state index is 6.21. The summed E-state index contributed by atoms with van der Waals surface area (Å²) in [5, 5.41) is 3.94. The molecule has 0 unspecified atom stereocenters. The number of anilines is 2. The van der Waals surface area contributed by atoms with Gasteiger partial charge in [-0.3, -0.25) is 0 Å². The molecule has 1 aromatic heterocycles. The summed E-state index contributed by atoms with van der Waals surface area (Å²) in [6, 6.07) is 15.2. The second kappa shape index (κ2) is 6.81. The minimum atomic E-state index is 0.113. The Bertz CT molecular complexity index is 824. The van der Waals surface area contributed by atoms with Crippen molar-refractivity contribution in [2.75, 3.05) is 11.1 Å². The summed E-state index contributed by atoms with van der Waals surface area (Å²) in [7, 11) is 0. The average Bonchev–Trinajstić information content (AvgIpc) is 2.56. The Morgan fingerprint density at radius 2 is 1.70 bits per heavy atom. The van der Waals surface area contributed by atoms with Crippen LogP contribution >= 0.6 is 23.2 Å². The van der Waals surface area contributed by atoms with Gasteiger partial charge in [0.1, 0.15) is 0 Å². The summed E-state index contributed by atoms with van der Waals surface area (Å²) in [6.07, 6.45) is 0. The van der Waals surface area contributed by atoms with Crippen LogP contribution in [0.3, 0.4) is 0 Å². The van der Waals surface area contributed by atoms with Gasteiger partial charge in [-0.15, -0.1) is 0 Å². The molecule has 0 spiro atoms. The molecular weight excluding hydrogens is 333 g/mol. The van der Waals surface area contributed by atoms with Crippen LogP contribution in [0.2, 0.25) is 10.0 Å². The van der Waals surface area contributed by atoms with E-state index in [0.717, 1.165) is 5.56 Å². The number of nitrogens with zero attached hydrogens (tertiary/aromatic N) is 3. The van der Waals surface area contributed by atoms with Crippen molar-refractivity contribution in [3.63, 3.8) is 0 Å². The van der Waals surface area contributed by atoms with Crippen LogP contribution in [-0.2, 0) is 6.54 Å². The van der Waals surface area contributed by atoms with Gasteiger partial charge < -0.3 is 11.1 Å². The maximum Gasteiger partial charge on any atom is 0.228 e. The summed E-state index contributed by atoms with van der Waals surface area (Å²) in [5.41, 5.74) is 7.49. The van der Waals surface area contributed by atoms with Crippen molar-refractivity contribution >= 4 is 35.1 Å². The van der Waals surface area contributed by atoms with Crippen LogP contribution in [-0.4, -0.2) is 15.0 Å². The summed E-state index contributed by atoms with van der Waals surface area (Å²) in [5.74, 6) is 0.870. The van der Waals surface area contributed by atoms with Crippen molar-refractivity contribution in [3.05, 3.63) is 64.1 Å². The van der Waals surface area contributed by atoms with Gasteiger partial charge in [-0.1, -0.05) is 59.6 Å². The number of halogens is 2. The monoisotopic (exact) mass is 345 g/mol. The van der Waals surface area contributed by atoms with Crippen LogP contribution in [0.1, 0.15) is 5.56 Å². The van der Waals surface area contributed by atoms with Gasteiger partial charge in [-0.25, -0.2) is 0 Å². The van der Waals surface area contributed by atoms with Crippen LogP contribution in [0.25, 0.3) is 11.4 Å². The van der Waals surface area contributed by atoms with Gasteiger partial charge in [0.2, 0.25) is 11.9 Å². The lowest BCUT2D eigenvalue weighted by Crippen LogP contribution is -2.08. The van der Waals surface area contributed by atoms with Gasteiger partial charge in [0, 0.05) is 12.1 Å². The molecule has 1 heterocycles. The zero-order valence-corrected chi connectivity index (χ0v) is 13.5. The molecule has 23 heavy (non-hydrogen) atoms. The Balaban J connectivity index is 1.89. The van der Waals surface area contributed by atoms with Crippen LogP contribution in [0.4, 0.5) is 11.9 Å². The van der Waals surface area contributed by atoms with E-state index in [1.165, 1.54) is 0 Å². The predicted molar refractivity (Wildman–Crippen MR) is 93.5 cm³/mol. The number of rotatable bonds is 4. The Labute approximate surface area is 143 Å². The van der Waals surface area contributed by atoms with E-state index in [2.05, 4.69) is 20.3 Å². The lowest BCUT2D eigenvalue weighted by Gasteiger charge is -2.09. The standard InChI is InChI=1S/C16H13Cl2N5/c17-12-8-4-7-11(13(12)18)14-21-15(19)23-16(22-14)20-9-10-5-2-1-3-6-10/h1-8H,9H2,(H3,19,20,21,22,23). The lowest BCUT2D eigenvalue weighted by atomic mass is 10.2. The van der Waals surface area contributed by atoms with E-state index in [1.54, 1.807) is 18.2 Å². The van der Waals surface area contributed by atoms with Crippen LogP contribution in [0.15, 0.2) is 48.5 Å². The molecule has 3 N–H and O–H groups in total. The number of nitrogen functional groups attached to an aromatic ring is 1. The van der Waals surface area contributed by atoms with Gasteiger partial charge >= 0.3 is 0 Å². The van der Waals surface area contributed by atoms with Crippen LogP contribution < -0.4 is 11.1 Å². The molecule has 7 heteroatoms. The fraction of sp³-hybridized carbons (Fsp3) is 0.0625. The van der Waals surface area contributed by atoms with E-state index in [-0.39, 0.29) is 5.95 Å². The second-order valence-electron chi connectivity index (χ2n) is 4.78. The third-order valence-corrected chi connectivity index (χ3v) is 3.96. The first-order valence-corrected chi connectivity index (χ1v) is 7.63. The largest absolute Gasteiger partial charge is 0.368 e. The normalized spacial score (nSPS) is 10.5. The number of aromatic nitrogens is 3. The second-order valence-corrected chi connectivity index (χ2v) is 5.57. The fourth-order valence-electron chi connectivity index (χ4n) is 2.05. The van der Waals surface area contributed by atoms with E-state index < -0.39 is 0 Å². The minimum absolute atomic E-state index is 0.113. The van der Waals surface area contributed by atoms with E-state index in [0.29, 0.717) is 33.9 Å². The molecule has 0 aliphatic heterocycles. The molecule has 0 amide bonds. The molecule has 0 saturated heterocycles.